The number of nitrogens with one attached hydrogen (secondary N) is 3. The van der Waals surface area contributed by atoms with E-state index in [0.717, 1.165) is 23.6 Å². The number of aromatic nitrogens is 1. The number of oxazole rings is 1. The molecule has 0 aliphatic heterocycles. The third-order valence-electron chi connectivity index (χ3n) is 3.89. The standard InChI is InChI=1S/C20H29N5O3/c1-5-21-18(26)13-27-17-9-7-8-16(10-17)11-23-20(22-6-2)24-12-19-25-14(3)15(4)28-19/h7-10H,5-6,11-13H2,1-4H3,(H,21,26)(H2,22,23,24). The van der Waals surface area contributed by atoms with E-state index in [9.17, 15) is 4.79 Å². The highest BCUT2D eigenvalue weighted by Crippen LogP contribution is 2.14. The maximum Gasteiger partial charge on any atom is 0.257 e. The highest BCUT2D eigenvalue weighted by Gasteiger charge is 2.07. The number of likely N-dealkylation sites (N-methyl/N-ethyl adjacent to an activating group) is 1. The van der Waals surface area contributed by atoms with Gasteiger partial charge in [0.2, 0.25) is 5.89 Å². The Bertz CT molecular complexity index is 781. The minimum Gasteiger partial charge on any atom is -0.484 e. The zero-order chi connectivity index (χ0) is 20.4. The van der Waals surface area contributed by atoms with Crippen LogP contribution in [0.25, 0.3) is 0 Å². The van der Waals surface area contributed by atoms with Crippen LogP contribution in [0.4, 0.5) is 0 Å². The fourth-order valence-electron chi connectivity index (χ4n) is 2.42. The fraction of sp³-hybridized carbons (Fsp3) is 0.450. The highest BCUT2D eigenvalue weighted by atomic mass is 16.5. The number of carbonyl (C=O) groups excluding carboxylic acids is 1. The van der Waals surface area contributed by atoms with Gasteiger partial charge in [-0.1, -0.05) is 12.1 Å². The van der Waals surface area contributed by atoms with Crippen LogP contribution in [0.2, 0.25) is 0 Å². The molecule has 0 bridgehead atoms. The third-order valence-corrected chi connectivity index (χ3v) is 3.89. The molecule has 1 amide bonds. The van der Waals surface area contributed by atoms with Crippen LogP contribution in [0.15, 0.2) is 33.7 Å². The van der Waals surface area contributed by atoms with E-state index in [2.05, 4.69) is 25.9 Å². The first-order valence-electron chi connectivity index (χ1n) is 9.45. The molecule has 28 heavy (non-hydrogen) atoms. The predicted molar refractivity (Wildman–Crippen MR) is 108 cm³/mol. The smallest absolute Gasteiger partial charge is 0.257 e. The van der Waals surface area contributed by atoms with Crippen molar-refractivity contribution in [2.45, 2.75) is 40.8 Å². The Hall–Kier alpha value is -3.03. The van der Waals surface area contributed by atoms with Gasteiger partial charge in [0.05, 0.1) is 18.8 Å². The molecule has 0 saturated heterocycles. The average molecular weight is 387 g/mol. The lowest BCUT2D eigenvalue weighted by molar-refractivity contribution is -0.122. The second-order valence-electron chi connectivity index (χ2n) is 6.19. The van der Waals surface area contributed by atoms with Gasteiger partial charge in [-0.05, 0) is 45.4 Å². The van der Waals surface area contributed by atoms with E-state index in [1.54, 1.807) is 0 Å². The van der Waals surface area contributed by atoms with E-state index >= 15 is 0 Å². The molecule has 0 spiro atoms. The van der Waals surface area contributed by atoms with Gasteiger partial charge in [-0.2, -0.15) is 0 Å². The molecule has 0 radical (unpaired) electrons. The van der Waals surface area contributed by atoms with Gasteiger partial charge in [-0.15, -0.1) is 0 Å². The molecular formula is C20H29N5O3. The van der Waals surface area contributed by atoms with Crippen molar-refractivity contribution in [2.75, 3.05) is 19.7 Å². The Morgan fingerprint density at radius 3 is 2.64 bits per heavy atom. The molecule has 2 aromatic rings. The monoisotopic (exact) mass is 387 g/mol. The first-order valence-corrected chi connectivity index (χ1v) is 9.45. The van der Waals surface area contributed by atoms with Crippen LogP contribution < -0.4 is 20.7 Å². The minimum absolute atomic E-state index is 0.000260. The number of nitrogens with zero attached hydrogens (tertiary/aromatic N) is 2. The van der Waals surface area contributed by atoms with Crippen LogP contribution in [-0.2, 0) is 17.9 Å². The Kier molecular flexibility index (Phi) is 8.33. The summed E-state index contributed by atoms with van der Waals surface area (Å²) < 4.78 is 11.1. The molecule has 0 fully saturated rings. The lowest BCUT2D eigenvalue weighted by Gasteiger charge is -2.10. The van der Waals surface area contributed by atoms with Crippen molar-refractivity contribution in [3.63, 3.8) is 0 Å². The summed E-state index contributed by atoms with van der Waals surface area (Å²) in [5.41, 5.74) is 1.87. The van der Waals surface area contributed by atoms with Crippen molar-refractivity contribution in [3.05, 3.63) is 47.2 Å². The van der Waals surface area contributed by atoms with Gasteiger partial charge in [-0.3, -0.25) is 4.79 Å². The van der Waals surface area contributed by atoms with E-state index in [0.29, 0.717) is 37.2 Å². The van der Waals surface area contributed by atoms with Crippen LogP contribution in [0.5, 0.6) is 5.75 Å². The molecule has 0 aliphatic carbocycles. The van der Waals surface area contributed by atoms with Gasteiger partial charge in [-0.25, -0.2) is 9.98 Å². The number of hydrogen-bond donors (Lipinski definition) is 3. The van der Waals surface area contributed by atoms with Gasteiger partial charge < -0.3 is 25.1 Å². The van der Waals surface area contributed by atoms with E-state index in [1.807, 2.05) is 52.0 Å². The lowest BCUT2D eigenvalue weighted by atomic mass is 10.2. The summed E-state index contributed by atoms with van der Waals surface area (Å²) in [5.74, 6) is 2.62. The minimum atomic E-state index is -0.137. The van der Waals surface area contributed by atoms with E-state index in [4.69, 9.17) is 9.15 Å². The predicted octanol–water partition coefficient (Wildman–Crippen LogP) is 2.06. The van der Waals surface area contributed by atoms with Crippen molar-refractivity contribution in [3.8, 4) is 5.75 Å². The summed E-state index contributed by atoms with van der Waals surface area (Å²) in [6.45, 7) is 9.94. The zero-order valence-corrected chi connectivity index (χ0v) is 17.0. The van der Waals surface area contributed by atoms with Crippen molar-refractivity contribution < 1.29 is 13.9 Å². The summed E-state index contributed by atoms with van der Waals surface area (Å²) in [4.78, 5) is 20.5. The molecule has 0 saturated carbocycles. The number of amides is 1. The molecule has 1 aromatic carbocycles. The summed E-state index contributed by atoms with van der Waals surface area (Å²) >= 11 is 0. The van der Waals surface area contributed by atoms with Gasteiger partial charge in [0.15, 0.2) is 12.6 Å². The number of carbonyl (C=O) groups is 1. The molecule has 0 atom stereocenters. The fourth-order valence-corrected chi connectivity index (χ4v) is 2.42. The zero-order valence-electron chi connectivity index (χ0n) is 17.0. The van der Waals surface area contributed by atoms with Crippen LogP contribution in [0, 0.1) is 13.8 Å². The molecule has 2 rings (SSSR count). The highest BCUT2D eigenvalue weighted by molar-refractivity contribution is 5.79. The van der Waals surface area contributed by atoms with Crippen LogP contribution in [0.3, 0.4) is 0 Å². The van der Waals surface area contributed by atoms with Crippen LogP contribution in [0.1, 0.15) is 36.8 Å². The Labute approximate surface area is 165 Å². The SMILES string of the molecule is CCNC(=O)COc1cccc(CN=C(NCC)NCc2nc(C)c(C)o2)c1. The average Bonchev–Trinajstić information content (AvgIpc) is 3.00. The summed E-state index contributed by atoms with van der Waals surface area (Å²) in [6.07, 6.45) is 0. The summed E-state index contributed by atoms with van der Waals surface area (Å²) in [6, 6.07) is 7.56. The number of guanidine groups is 1. The molecule has 1 aromatic heterocycles. The van der Waals surface area contributed by atoms with Gasteiger partial charge in [0, 0.05) is 13.1 Å². The van der Waals surface area contributed by atoms with Crippen molar-refractivity contribution >= 4 is 11.9 Å². The number of hydrogen-bond acceptors (Lipinski definition) is 5. The van der Waals surface area contributed by atoms with Crippen molar-refractivity contribution in [1.82, 2.24) is 20.9 Å². The first-order chi connectivity index (χ1) is 13.5. The third kappa shape index (κ3) is 6.94. The molecule has 0 unspecified atom stereocenters. The van der Waals surface area contributed by atoms with Gasteiger partial charge >= 0.3 is 0 Å². The number of aryl methyl sites for hydroxylation is 2. The molecule has 8 nitrogen and oxygen atoms in total. The molecule has 1 heterocycles. The Balaban J connectivity index is 1.93. The second kappa shape index (κ2) is 11.0. The lowest BCUT2D eigenvalue weighted by Crippen LogP contribution is -2.36. The van der Waals surface area contributed by atoms with Gasteiger partial charge in [0.25, 0.3) is 5.91 Å². The molecule has 152 valence electrons. The maximum absolute atomic E-state index is 11.5. The van der Waals surface area contributed by atoms with Crippen molar-refractivity contribution in [1.29, 1.82) is 0 Å². The number of aliphatic imine (C=N–C) groups is 1. The Morgan fingerprint density at radius 2 is 1.96 bits per heavy atom. The molecular weight excluding hydrogens is 358 g/mol. The van der Waals surface area contributed by atoms with E-state index in [-0.39, 0.29) is 12.5 Å². The molecule has 8 heteroatoms. The topological polar surface area (TPSA) is 101 Å². The normalized spacial score (nSPS) is 11.2. The molecule has 0 aliphatic rings. The van der Waals surface area contributed by atoms with Gasteiger partial charge in [0.1, 0.15) is 11.5 Å². The Morgan fingerprint density at radius 1 is 1.18 bits per heavy atom. The largest absolute Gasteiger partial charge is 0.484 e. The summed E-state index contributed by atoms with van der Waals surface area (Å²) in [7, 11) is 0. The van der Waals surface area contributed by atoms with E-state index < -0.39 is 0 Å². The quantitative estimate of drug-likeness (QED) is 0.450. The number of benzene rings is 1. The number of ether oxygens (including phenoxy) is 1. The summed E-state index contributed by atoms with van der Waals surface area (Å²) in [5, 5.41) is 9.12. The molecule has 3 N–H and O–H groups in total. The van der Waals surface area contributed by atoms with Crippen LogP contribution in [-0.4, -0.2) is 36.5 Å². The first kappa shape index (κ1) is 21.3. The maximum atomic E-state index is 11.5. The van der Waals surface area contributed by atoms with E-state index in [1.165, 1.54) is 0 Å². The van der Waals surface area contributed by atoms with Crippen LogP contribution >= 0.6 is 0 Å². The number of rotatable bonds is 9. The second-order valence-corrected chi connectivity index (χ2v) is 6.19. The van der Waals surface area contributed by atoms with Crippen molar-refractivity contribution in [2.24, 2.45) is 4.99 Å².